The average molecular weight is 247 g/mol. The summed E-state index contributed by atoms with van der Waals surface area (Å²) in [6, 6.07) is 0. The van der Waals surface area contributed by atoms with E-state index in [1.807, 2.05) is 0 Å². The predicted molar refractivity (Wildman–Crippen MR) is 58.5 cm³/mol. The van der Waals surface area contributed by atoms with E-state index in [4.69, 9.17) is 17.4 Å². The zero-order chi connectivity index (χ0) is 11.6. The van der Waals surface area contributed by atoms with E-state index >= 15 is 0 Å². The van der Waals surface area contributed by atoms with Crippen molar-refractivity contribution in [2.45, 2.75) is 6.42 Å². The van der Waals surface area contributed by atoms with Crippen molar-refractivity contribution in [2.24, 2.45) is 5.14 Å². The first-order valence-electron chi connectivity index (χ1n) is 3.93. The Morgan fingerprint density at radius 3 is 2.67 bits per heavy atom. The van der Waals surface area contributed by atoms with Crippen LogP contribution in [-0.2, 0) is 19.6 Å². The highest BCUT2D eigenvalue weighted by molar-refractivity contribution is 7.93. The SMILES string of the molecule is COC(=O)C1=C(S(N)(=O)=O)C=CCC1=S. The third-order valence-electron chi connectivity index (χ3n) is 1.79. The van der Waals surface area contributed by atoms with Gasteiger partial charge in [-0.05, 0) is 6.08 Å². The third kappa shape index (κ3) is 2.49. The third-order valence-corrected chi connectivity index (χ3v) is 3.12. The van der Waals surface area contributed by atoms with Gasteiger partial charge in [0, 0.05) is 11.3 Å². The molecule has 0 saturated carbocycles. The highest BCUT2D eigenvalue weighted by Gasteiger charge is 2.27. The molecule has 0 aromatic carbocycles. The highest BCUT2D eigenvalue weighted by atomic mass is 32.2. The van der Waals surface area contributed by atoms with Gasteiger partial charge in [0.15, 0.2) is 0 Å². The lowest BCUT2D eigenvalue weighted by molar-refractivity contribution is -0.135. The van der Waals surface area contributed by atoms with E-state index in [1.54, 1.807) is 0 Å². The molecule has 1 aliphatic carbocycles. The number of rotatable bonds is 2. The van der Waals surface area contributed by atoms with Crippen LogP contribution in [0.3, 0.4) is 0 Å². The van der Waals surface area contributed by atoms with Crippen LogP contribution in [0.15, 0.2) is 22.6 Å². The van der Waals surface area contributed by atoms with E-state index in [0.717, 1.165) is 7.11 Å². The summed E-state index contributed by atoms with van der Waals surface area (Å²) in [6.07, 6.45) is 3.13. The predicted octanol–water partition coefficient (Wildman–Crippen LogP) is 0.0318. The molecular weight excluding hydrogens is 238 g/mol. The van der Waals surface area contributed by atoms with Gasteiger partial charge in [-0.15, -0.1) is 0 Å². The molecule has 0 atom stereocenters. The first kappa shape index (κ1) is 12.0. The molecule has 0 amide bonds. The largest absolute Gasteiger partial charge is 0.465 e. The number of allylic oxidation sites excluding steroid dienone is 2. The van der Waals surface area contributed by atoms with Crippen LogP contribution in [0.4, 0.5) is 0 Å². The van der Waals surface area contributed by atoms with Crippen LogP contribution in [0.1, 0.15) is 6.42 Å². The molecular formula is C8H9NO4S2. The van der Waals surface area contributed by atoms with Crippen LogP contribution in [0.25, 0.3) is 0 Å². The fraction of sp³-hybridized carbons (Fsp3) is 0.250. The zero-order valence-electron chi connectivity index (χ0n) is 7.89. The Kier molecular flexibility index (Phi) is 3.38. The van der Waals surface area contributed by atoms with Crippen molar-refractivity contribution in [2.75, 3.05) is 7.11 Å². The number of hydrogen-bond donors (Lipinski definition) is 1. The van der Waals surface area contributed by atoms with Gasteiger partial charge in [0.25, 0.3) is 0 Å². The standard InChI is InChI=1S/C8H9NO4S2/c1-13-8(10)7-5(14)3-2-4-6(7)15(9,11)12/h2,4H,3H2,1H3,(H2,9,11,12). The molecule has 0 heterocycles. The first-order valence-corrected chi connectivity index (χ1v) is 5.88. The molecule has 0 spiro atoms. The Morgan fingerprint density at radius 2 is 2.20 bits per heavy atom. The lowest BCUT2D eigenvalue weighted by atomic mass is 10.1. The summed E-state index contributed by atoms with van der Waals surface area (Å²) in [4.78, 5) is 11.2. The Morgan fingerprint density at radius 1 is 1.60 bits per heavy atom. The molecule has 0 aliphatic heterocycles. The number of hydrogen-bond acceptors (Lipinski definition) is 5. The van der Waals surface area contributed by atoms with E-state index in [1.165, 1.54) is 12.2 Å². The Hall–Kier alpha value is -1.05. The van der Waals surface area contributed by atoms with Crippen molar-refractivity contribution in [3.8, 4) is 0 Å². The Balaban J connectivity index is 3.43. The maximum atomic E-state index is 11.3. The normalized spacial score (nSPS) is 16.8. The molecule has 0 aromatic heterocycles. The monoisotopic (exact) mass is 247 g/mol. The van der Waals surface area contributed by atoms with Gasteiger partial charge in [-0.3, -0.25) is 0 Å². The quantitative estimate of drug-likeness (QED) is 0.549. The number of carbonyl (C=O) groups is 1. The minimum Gasteiger partial charge on any atom is -0.465 e. The average Bonchev–Trinajstić information content (AvgIpc) is 2.15. The number of esters is 1. The van der Waals surface area contributed by atoms with Crippen molar-refractivity contribution >= 4 is 33.1 Å². The van der Waals surface area contributed by atoms with Gasteiger partial charge < -0.3 is 4.74 Å². The molecule has 0 radical (unpaired) electrons. The number of nitrogens with two attached hydrogens (primary N) is 1. The summed E-state index contributed by atoms with van der Waals surface area (Å²) in [5.74, 6) is -0.784. The first-order chi connectivity index (χ1) is 6.88. The van der Waals surface area contributed by atoms with Crippen molar-refractivity contribution in [1.82, 2.24) is 0 Å². The van der Waals surface area contributed by atoms with E-state index < -0.39 is 16.0 Å². The lowest BCUT2D eigenvalue weighted by Crippen LogP contribution is -2.24. The lowest BCUT2D eigenvalue weighted by Gasteiger charge is -2.13. The molecule has 82 valence electrons. The fourth-order valence-corrected chi connectivity index (χ4v) is 2.28. The number of ether oxygens (including phenoxy) is 1. The van der Waals surface area contributed by atoms with Gasteiger partial charge in [0.2, 0.25) is 10.0 Å². The minimum atomic E-state index is -3.96. The maximum Gasteiger partial charge on any atom is 0.340 e. The molecule has 2 N–H and O–H groups in total. The van der Waals surface area contributed by atoms with Crippen LogP contribution in [-0.4, -0.2) is 26.4 Å². The van der Waals surface area contributed by atoms with Crippen LogP contribution >= 0.6 is 12.2 Å². The summed E-state index contributed by atoms with van der Waals surface area (Å²) in [7, 11) is -2.81. The van der Waals surface area contributed by atoms with Crippen LogP contribution < -0.4 is 5.14 Å². The Labute approximate surface area is 92.6 Å². The van der Waals surface area contributed by atoms with Gasteiger partial charge in [0.05, 0.1) is 17.6 Å². The van der Waals surface area contributed by atoms with E-state index in [-0.39, 0.29) is 15.3 Å². The van der Waals surface area contributed by atoms with Crippen LogP contribution in [0, 0.1) is 0 Å². The van der Waals surface area contributed by atoms with Gasteiger partial charge >= 0.3 is 5.97 Å². The van der Waals surface area contributed by atoms with Crippen molar-refractivity contribution < 1.29 is 17.9 Å². The van der Waals surface area contributed by atoms with E-state index in [9.17, 15) is 13.2 Å². The van der Waals surface area contributed by atoms with Gasteiger partial charge in [-0.2, -0.15) is 0 Å². The number of primary sulfonamides is 1. The molecule has 5 nitrogen and oxygen atoms in total. The number of thiocarbonyl (C=S) groups is 1. The molecule has 0 bridgehead atoms. The van der Waals surface area contributed by atoms with Gasteiger partial charge in [-0.25, -0.2) is 18.4 Å². The molecule has 7 heteroatoms. The second-order valence-corrected chi connectivity index (χ2v) is 4.83. The van der Waals surface area contributed by atoms with Crippen LogP contribution in [0.2, 0.25) is 0 Å². The minimum absolute atomic E-state index is 0.141. The summed E-state index contributed by atoms with van der Waals surface area (Å²) in [5, 5.41) is 4.95. The molecule has 1 rings (SSSR count). The number of carbonyl (C=O) groups excluding carboxylic acids is 1. The fourth-order valence-electron chi connectivity index (χ4n) is 1.15. The van der Waals surface area contributed by atoms with Crippen molar-refractivity contribution in [1.29, 1.82) is 0 Å². The summed E-state index contributed by atoms with van der Waals surface area (Å²) < 4.78 is 26.8. The topological polar surface area (TPSA) is 86.5 Å². The number of methoxy groups -OCH3 is 1. The van der Waals surface area contributed by atoms with Crippen molar-refractivity contribution in [3.05, 3.63) is 22.6 Å². The maximum absolute atomic E-state index is 11.3. The zero-order valence-corrected chi connectivity index (χ0v) is 9.52. The molecule has 0 aromatic rings. The van der Waals surface area contributed by atoms with E-state index in [2.05, 4.69) is 4.74 Å². The smallest absolute Gasteiger partial charge is 0.340 e. The highest BCUT2D eigenvalue weighted by Crippen LogP contribution is 2.21. The second kappa shape index (κ2) is 4.21. The van der Waals surface area contributed by atoms with Crippen LogP contribution in [0.5, 0.6) is 0 Å². The molecule has 1 aliphatic rings. The summed E-state index contributed by atoms with van der Waals surface area (Å²) in [6.45, 7) is 0. The summed E-state index contributed by atoms with van der Waals surface area (Å²) >= 11 is 4.89. The second-order valence-electron chi connectivity index (χ2n) is 2.81. The molecule has 0 fully saturated rings. The molecule has 0 unspecified atom stereocenters. The molecule has 0 saturated heterocycles. The van der Waals surface area contributed by atoms with Gasteiger partial charge in [-0.1, -0.05) is 18.3 Å². The van der Waals surface area contributed by atoms with Crippen molar-refractivity contribution in [3.63, 3.8) is 0 Å². The van der Waals surface area contributed by atoms with E-state index in [0.29, 0.717) is 6.42 Å². The Bertz CT molecular complexity index is 473. The van der Waals surface area contributed by atoms with Gasteiger partial charge in [0.1, 0.15) is 0 Å². The number of sulfonamides is 1. The molecule has 15 heavy (non-hydrogen) atoms. The summed E-state index contributed by atoms with van der Waals surface area (Å²) in [5.41, 5.74) is -0.141.